The van der Waals surface area contributed by atoms with E-state index < -0.39 is 5.97 Å². The van der Waals surface area contributed by atoms with Crippen molar-refractivity contribution in [1.29, 1.82) is 0 Å². The smallest absolute Gasteiger partial charge is 0.307 e. The van der Waals surface area contributed by atoms with Crippen molar-refractivity contribution < 1.29 is 9.90 Å². The Morgan fingerprint density at radius 2 is 2.00 bits per heavy atom. The summed E-state index contributed by atoms with van der Waals surface area (Å²) in [6, 6.07) is 16.3. The Kier molecular flexibility index (Phi) is 4.72. The maximum atomic E-state index is 11.4. The van der Waals surface area contributed by atoms with E-state index in [1.54, 1.807) is 0 Å². The number of rotatable bonds is 4. The number of hydrogen-bond donors (Lipinski definition) is 1. The van der Waals surface area contributed by atoms with Crippen LogP contribution in [0.5, 0.6) is 0 Å². The van der Waals surface area contributed by atoms with Crippen LogP contribution >= 0.6 is 0 Å². The van der Waals surface area contributed by atoms with Crippen LogP contribution in [0.15, 0.2) is 48.5 Å². The number of pyridine rings is 1. The summed E-state index contributed by atoms with van der Waals surface area (Å²) < 4.78 is 0. The SMILES string of the molecule is Cc1cccc(C(c2ccccc2)N2CCCC(C(=O)O)C2)n1. The lowest BCUT2D eigenvalue weighted by molar-refractivity contribution is -0.143. The van der Waals surface area contributed by atoms with Crippen LogP contribution in [0.3, 0.4) is 0 Å². The molecule has 1 aliphatic rings. The van der Waals surface area contributed by atoms with Crippen molar-refractivity contribution in [3.63, 3.8) is 0 Å². The van der Waals surface area contributed by atoms with Crippen molar-refractivity contribution in [2.45, 2.75) is 25.8 Å². The molecule has 1 aromatic heterocycles. The fraction of sp³-hybridized carbons (Fsp3) is 0.368. The molecule has 2 heterocycles. The van der Waals surface area contributed by atoms with E-state index in [2.05, 4.69) is 17.0 Å². The Labute approximate surface area is 136 Å². The van der Waals surface area contributed by atoms with Gasteiger partial charge in [0.05, 0.1) is 17.7 Å². The van der Waals surface area contributed by atoms with Gasteiger partial charge in [0.2, 0.25) is 0 Å². The zero-order valence-electron chi connectivity index (χ0n) is 13.4. The molecule has 1 fully saturated rings. The lowest BCUT2D eigenvalue weighted by Gasteiger charge is -2.37. The molecule has 0 aliphatic carbocycles. The Morgan fingerprint density at radius 3 is 2.70 bits per heavy atom. The summed E-state index contributed by atoms with van der Waals surface area (Å²) in [4.78, 5) is 18.4. The molecule has 0 saturated carbocycles. The van der Waals surface area contributed by atoms with Crippen LogP contribution in [0.4, 0.5) is 0 Å². The molecule has 0 spiro atoms. The van der Waals surface area contributed by atoms with Gasteiger partial charge in [-0.15, -0.1) is 0 Å². The minimum Gasteiger partial charge on any atom is -0.481 e. The summed E-state index contributed by atoms with van der Waals surface area (Å²) in [5.41, 5.74) is 3.13. The average Bonchev–Trinajstić information content (AvgIpc) is 2.56. The minimum atomic E-state index is -0.696. The molecule has 2 aromatic rings. The Balaban J connectivity index is 1.97. The third kappa shape index (κ3) is 3.59. The zero-order valence-corrected chi connectivity index (χ0v) is 13.4. The van der Waals surface area contributed by atoms with E-state index in [0.29, 0.717) is 6.54 Å². The van der Waals surface area contributed by atoms with Crippen LogP contribution in [-0.2, 0) is 4.79 Å². The van der Waals surface area contributed by atoms with Gasteiger partial charge in [-0.3, -0.25) is 14.7 Å². The Morgan fingerprint density at radius 1 is 1.22 bits per heavy atom. The van der Waals surface area contributed by atoms with Crippen LogP contribution in [0.2, 0.25) is 0 Å². The van der Waals surface area contributed by atoms with E-state index in [1.165, 1.54) is 0 Å². The normalized spacial score (nSPS) is 20.1. The first kappa shape index (κ1) is 15.7. The molecule has 0 radical (unpaired) electrons. The summed E-state index contributed by atoms with van der Waals surface area (Å²) in [5, 5.41) is 9.38. The van der Waals surface area contributed by atoms with E-state index in [0.717, 1.165) is 36.3 Å². The number of nitrogens with zero attached hydrogens (tertiary/aromatic N) is 2. The second kappa shape index (κ2) is 6.92. The number of hydrogen-bond acceptors (Lipinski definition) is 3. The van der Waals surface area contributed by atoms with Gasteiger partial charge in [0.1, 0.15) is 0 Å². The summed E-state index contributed by atoms with van der Waals surface area (Å²) in [7, 11) is 0. The molecule has 2 unspecified atom stereocenters. The van der Waals surface area contributed by atoms with Gasteiger partial charge in [-0.05, 0) is 44.0 Å². The Hall–Kier alpha value is -2.20. The second-order valence-electron chi connectivity index (χ2n) is 6.19. The van der Waals surface area contributed by atoms with Crippen LogP contribution < -0.4 is 0 Å². The quantitative estimate of drug-likeness (QED) is 0.941. The van der Waals surface area contributed by atoms with Crippen LogP contribution in [0.25, 0.3) is 0 Å². The number of aliphatic carboxylic acids is 1. The lowest BCUT2D eigenvalue weighted by atomic mass is 9.93. The highest BCUT2D eigenvalue weighted by molar-refractivity contribution is 5.70. The topological polar surface area (TPSA) is 53.4 Å². The Bertz CT molecular complexity index is 672. The highest BCUT2D eigenvalue weighted by Gasteiger charge is 2.31. The van der Waals surface area contributed by atoms with Crippen molar-refractivity contribution in [2.24, 2.45) is 5.92 Å². The third-order valence-electron chi connectivity index (χ3n) is 4.47. The van der Waals surface area contributed by atoms with Crippen LogP contribution in [-0.4, -0.2) is 34.0 Å². The predicted octanol–water partition coefficient (Wildman–Crippen LogP) is 3.28. The number of carboxylic acids is 1. The number of likely N-dealkylation sites (tertiary alicyclic amines) is 1. The first-order valence-corrected chi connectivity index (χ1v) is 8.10. The molecule has 1 aromatic carbocycles. The molecule has 0 amide bonds. The molecular formula is C19H22N2O2. The summed E-state index contributed by atoms with van der Waals surface area (Å²) in [5.74, 6) is -0.988. The number of carbonyl (C=O) groups is 1. The fourth-order valence-corrected chi connectivity index (χ4v) is 3.36. The van der Waals surface area contributed by atoms with Crippen molar-refractivity contribution in [3.05, 3.63) is 65.5 Å². The summed E-state index contributed by atoms with van der Waals surface area (Å²) >= 11 is 0. The number of benzene rings is 1. The van der Waals surface area contributed by atoms with Gasteiger partial charge in [0.15, 0.2) is 0 Å². The maximum Gasteiger partial charge on any atom is 0.307 e. The van der Waals surface area contributed by atoms with Gasteiger partial charge >= 0.3 is 5.97 Å². The van der Waals surface area contributed by atoms with Gasteiger partial charge in [-0.25, -0.2) is 0 Å². The zero-order chi connectivity index (χ0) is 16.2. The minimum absolute atomic E-state index is 0.0123. The van der Waals surface area contributed by atoms with Gasteiger partial charge in [0.25, 0.3) is 0 Å². The van der Waals surface area contributed by atoms with E-state index in [9.17, 15) is 9.90 Å². The van der Waals surface area contributed by atoms with Gasteiger partial charge in [-0.1, -0.05) is 36.4 Å². The van der Waals surface area contributed by atoms with Gasteiger partial charge in [-0.2, -0.15) is 0 Å². The number of aromatic nitrogens is 1. The lowest BCUT2D eigenvalue weighted by Crippen LogP contribution is -2.41. The predicted molar refractivity (Wildman–Crippen MR) is 89.2 cm³/mol. The molecule has 4 nitrogen and oxygen atoms in total. The second-order valence-corrected chi connectivity index (χ2v) is 6.19. The molecule has 1 aliphatic heterocycles. The van der Waals surface area contributed by atoms with Gasteiger partial charge < -0.3 is 5.11 Å². The molecular weight excluding hydrogens is 288 g/mol. The standard InChI is InChI=1S/C19H22N2O2/c1-14-7-5-11-17(20-14)18(15-8-3-2-4-9-15)21-12-6-10-16(13-21)19(22)23/h2-5,7-9,11,16,18H,6,10,12-13H2,1H3,(H,22,23). The largest absolute Gasteiger partial charge is 0.481 e. The van der Waals surface area contributed by atoms with Crippen molar-refractivity contribution in [3.8, 4) is 0 Å². The summed E-state index contributed by atoms with van der Waals surface area (Å²) in [6.45, 7) is 3.46. The van der Waals surface area contributed by atoms with E-state index in [1.807, 2.05) is 43.3 Å². The van der Waals surface area contributed by atoms with E-state index >= 15 is 0 Å². The number of carboxylic acid groups (broad SMARTS) is 1. The molecule has 3 rings (SSSR count). The average molecular weight is 310 g/mol. The third-order valence-corrected chi connectivity index (χ3v) is 4.47. The van der Waals surface area contributed by atoms with Crippen molar-refractivity contribution >= 4 is 5.97 Å². The van der Waals surface area contributed by atoms with Crippen molar-refractivity contribution in [2.75, 3.05) is 13.1 Å². The summed E-state index contributed by atoms with van der Waals surface area (Å²) in [6.07, 6.45) is 1.67. The first-order chi connectivity index (χ1) is 11.1. The van der Waals surface area contributed by atoms with Crippen LogP contribution in [0, 0.1) is 12.8 Å². The highest BCUT2D eigenvalue weighted by atomic mass is 16.4. The molecule has 120 valence electrons. The first-order valence-electron chi connectivity index (χ1n) is 8.10. The molecule has 0 bridgehead atoms. The number of aryl methyl sites for hydroxylation is 1. The maximum absolute atomic E-state index is 11.4. The molecule has 4 heteroatoms. The van der Waals surface area contributed by atoms with Gasteiger partial charge in [0, 0.05) is 12.2 Å². The van der Waals surface area contributed by atoms with E-state index in [-0.39, 0.29) is 12.0 Å². The molecule has 2 atom stereocenters. The van der Waals surface area contributed by atoms with Crippen molar-refractivity contribution in [1.82, 2.24) is 9.88 Å². The fourth-order valence-electron chi connectivity index (χ4n) is 3.36. The number of piperidine rings is 1. The highest BCUT2D eigenvalue weighted by Crippen LogP contribution is 2.31. The monoisotopic (exact) mass is 310 g/mol. The molecule has 23 heavy (non-hydrogen) atoms. The molecule has 1 N–H and O–H groups in total. The molecule has 1 saturated heterocycles. The van der Waals surface area contributed by atoms with Crippen LogP contribution in [0.1, 0.15) is 35.8 Å². The van der Waals surface area contributed by atoms with E-state index in [4.69, 9.17) is 4.98 Å².